The number of rotatable bonds is 9. The van der Waals surface area contributed by atoms with Crippen molar-refractivity contribution in [3.63, 3.8) is 0 Å². The van der Waals surface area contributed by atoms with Gasteiger partial charge in [-0.05, 0) is 43.2 Å². The Balaban J connectivity index is 1.82. The third-order valence-electron chi connectivity index (χ3n) is 4.82. The number of anilines is 2. The molecule has 0 spiro atoms. The maximum absolute atomic E-state index is 6.25. The van der Waals surface area contributed by atoms with Crippen molar-refractivity contribution in [3.05, 3.63) is 58.4 Å². The zero-order chi connectivity index (χ0) is 22.1. The highest BCUT2D eigenvalue weighted by Gasteiger charge is 2.14. The fourth-order valence-corrected chi connectivity index (χ4v) is 3.42. The molecule has 0 radical (unpaired) electrons. The summed E-state index contributed by atoms with van der Waals surface area (Å²) in [6.07, 6.45) is 7.73. The molecule has 1 saturated heterocycles. The number of allylic oxidation sites excluding steroid dienone is 1. The van der Waals surface area contributed by atoms with Gasteiger partial charge in [-0.15, -0.1) is 0 Å². The van der Waals surface area contributed by atoms with E-state index >= 15 is 0 Å². The van der Waals surface area contributed by atoms with Gasteiger partial charge in [0.15, 0.2) is 0 Å². The third-order valence-corrected chi connectivity index (χ3v) is 5.18. The van der Waals surface area contributed by atoms with E-state index in [0.29, 0.717) is 19.0 Å². The largest absolute Gasteiger partial charge is 0.504 e. The lowest BCUT2D eigenvalue weighted by Crippen LogP contribution is -2.40. The Kier molecular flexibility index (Phi) is 8.70. The Morgan fingerprint density at radius 3 is 3.00 bits per heavy atom. The van der Waals surface area contributed by atoms with Crippen LogP contribution in [0.3, 0.4) is 0 Å². The molecule has 1 fully saturated rings. The standard InChI is InChI=1S/C23H29ClN4O3/c1-4-17-12-18(5-6-21(17)24)28-23-20(7-9-29-3)22(26-15-27-23)11-16(2)31-14-19-13-25-8-10-30-19/h5-7,9,11-12,15,19,25H,4,8,10,13-14H2,1-3H3,(H,26,27,28)/b9-7+,16-11+. The topological polar surface area (TPSA) is 77.5 Å². The second-order valence-electron chi connectivity index (χ2n) is 7.11. The molecule has 166 valence electrons. The van der Waals surface area contributed by atoms with Crippen LogP contribution < -0.4 is 10.6 Å². The van der Waals surface area contributed by atoms with Crippen molar-refractivity contribution in [1.82, 2.24) is 15.3 Å². The van der Waals surface area contributed by atoms with Crippen LogP contribution in [0.1, 0.15) is 30.7 Å². The Bertz CT molecular complexity index is 927. The number of aromatic nitrogens is 2. The highest BCUT2D eigenvalue weighted by atomic mass is 35.5. The molecule has 2 aromatic rings. The highest BCUT2D eigenvalue weighted by molar-refractivity contribution is 6.31. The van der Waals surface area contributed by atoms with Gasteiger partial charge in [-0.1, -0.05) is 18.5 Å². The van der Waals surface area contributed by atoms with Gasteiger partial charge in [-0.3, -0.25) is 0 Å². The van der Waals surface area contributed by atoms with Crippen LogP contribution in [0.5, 0.6) is 0 Å². The van der Waals surface area contributed by atoms with Gasteiger partial charge in [-0.25, -0.2) is 9.97 Å². The molecule has 0 aliphatic carbocycles. The second kappa shape index (κ2) is 11.7. The molecular formula is C23H29ClN4O3. The molecule has 0 amide bonds. The maximum Gasteiger partial charge on any atom is 0.141 e. The SMILES string of the molecule is CCc1cc(Nc2ncnc(/C=C(\C)OCC3CNCCO3)c2/C=C/OC)ccc1Cl. The number of hydrogen-bond donors (Lipinski definition) is 2. The smallest absolute Gasteiger partial charge is 0.141 e. The molecule has 2 heterocycles. The van der Waals surface area contributed by atoms with Gasteiger partial charge >= 0.3 is 0 Å². The van der Waals surface area contributed by atoms with Gasteiger partial charge in [0.05, 0.1) is 31.4 Å². The quantitative estimate of drug-likeness (QED) is 0.554. The first-order valence-electron chi connectivity index (χ1n) is 10.3. The van der Waals surface area contributed by atoms with E-state index in [1.165, 1.54) is 6.33 Å². The lowest BCUT2D eigenvalue weighted by atomic mass is 10.1. The van der Waals surface area contributed by atoms with E-state index in [4.69, 9.17) is 25.8 Å². The molecular weight excluding hydrogens is 416 g/mol. The minimum atomic E-state index is 0.0465. The van der Waals surface area contributed by atoms with E-state index in [1.54, 1.807) is 13.4 Å². The molecule has 1 aromatic carbocycles. The Hall–Kier alpha value is -2.61. The number of nitrogens with one attached hydrogen (secondary N) is 2. The lowest BCUT2D eigenvalue weighted by molar-refractivity contribution is -0.0147. The Morgan fingerprint density at radius 2 is 2.26 bits per heavy atom. The van der Waals surface area contributed by atoms with Gasteiger partial charge in [-0.2, -0.15) is 0 Å². The zero-order valence-corrected chi connectivity index (χ0v) is 18.9. The monoisotopic (exact) mass is 444 g/mol. The number of halogens is 1. The molecule has 0 bridgehead atoms. The lowest BCUT2D eigenvalue weighted by Gasteiger charge is -2.23. The van der Waals surface area contributed by atoms with Gasteiger partial charge < -0.3 is 24.8 Å². The second-order valence-corrected chi connectivity index (χ2v) is 7.51. The number of hydrogen-bond acceptors (Lipinski definition) is 7. The number of nitrogens with zero attached hydrogens (tertiary/aromatic N) is 2. The van der Waals surface area contributed by atoms with Crippen LogP contribution >= 0.6 is 11.6 Å². The average Bonchev–Trinajstić information content (AvgIpc) is 2.79. The maximum atomic E-state index is 6.25. The molecule has 31 heavy (non-hydrogen) atoms. The summed E-state index contributed by atoms with van der Waals surface area (Å²) in [5.74, 6) is 1.40. The van der Waals surface area contributed by atoms with Crippen LogP contribution in [0.15, 0.2) is 36.5 Å². The van der Waals surface area contributed by atoms with Crippen LogP contribution in [0.2, 0.25) is 5.02 Å². The Labute approximate surface area is 188 Å². The predicted molar refractivity (Wildman–Crippen MR) is 124 cm³/mol. The fraction of sp³-hybridized carbons (Fsp3) is 0.391. The summed E-state index contributed by atoms with van der Waals surface area (Å²) in [6.45, 7) is 6.83. The fourth-order valence-electron chi connectivity index (χ4n) is 3.17. The number of methoxy groups -OCH3 is 1. The van der Waals surface area contributed by atoms with E-state index < -0.39 is 0 Å². The van der Waals surface area contributed by atoms with Crippen LogP contribution in [-0.4, -0.2) is 49.5 Å². The summed E-state index contributed by atoms with van der Waals surface area (Å²) in [6, 6.07) is 5.83. The number of ether oxygens (including phenoxy) is 3. The molecule has 1 aromatic heterocycles. The summed E-state index contributed by atoms with van der Waals surface area (Å²) in [5.41, 5.74) is 3.47. The van der Waals surface area contributed by atoms with E-state index in [0.717, 1.165) is 52.8 Å². The first-order chi connectivity index (χ1) is 15.1. The molecule has 0 saturated carbocycles. The summed E-state index contributed by atoms with van der Waals surface area (Å²) in [5, 5.41) is 7.42. The van der Waals surface area contributed by atoms with Crippen molar-refractivity contribution in [1.29, 1.82) is 0 Å². The van der Waals surface area contributed by atoms with Crippen LogP contribution in [0.25, 0.3) is 12.2 Å². The van der Waals surface area contributed by atoms with Crippen molar-refractivity contribution in [2.45, 2.75) is 26.4 Å². The molecule has 8 heteroatoms. The highest BCUT2D eigenvalue weighted by Crippen LogP contribution is 2.27. The average molecular weight is 445 g/mol. The summed E-state index contributed by atoms with van der Waals surface area (Å²) < 4.78 is 16.7. The number of aryl methyl sites for hydroxylation is 1. The van der Waals surface area contributed by atoms with Crippen molar-refractivity contribution in [2.24, 2.45) is 0 Å². The van der Waals surface area contributed by atoms with Crippen LogP contribution in [0.4, 0.5) is 11.5 Å². The zero-order valence-electron chi connectivity index (χ0n) is 18.2. The summed E-state index contributed by atoms with van der Waals surface area (Å²) >= 11 is 6.25. The normalized spacial score (nSPS) is 17.0. The van der Waals surface area contributed by atoms with Gasteiger partial charge in [0.25, 0.3) is 0 Å². The predicted octanol–water partition coefficient (Wildman–Crippen LogP) is 4.42. The minimum absolute atomic E-state index is 0.0465. The first kappa shape index (κ1) is 23.1. The number of benzene rings is 1. The molecule has 3 rings (SSSR count). The van der Waals surface area contributed by atoms with Crippen molar-refractivity contribution in [3.8, 4) is 0 Å². The van der Waals surface area contributed by atoms with Crippen molar-refractivity contribution in [2.75, 3.05) is 38.7 Å². The number of morpholine rings is 1. The molecule has 1 aliphatic rings. The van der Waals surface area contributed by atoms with E-state index in [9.17, 15) is 0 Å². The molecule has 7 nitrogen and oxygen atoms in total. The van der Waals surface area contributed by atoms with Crippen molar-refractivity contribution < 1.29 is 14.2 Å². The van der Waals surface area contributed by atoms with Crippen LogP contribution in [0, 0.1) is 0 Å². The third kappa shape index (κ3) is 6.69. The van der Waals surface area contributed by atoms with E-state index in [2.05, 4.69) is 27.5 Å². The summed E-state index contributed by atoms with van der Waals surface area (Å²) in [7, 11) is 1.60. The van der Waals surface area contributed by atoms with Crippen LogP contribution in [-0.2, 0) is 20.6 Å². The molecule has 1 unspecified atom stereocenters. The van der Waals surface area contributed by atoms with E-state index in [1.807, 2.05) is 37.3 Å². The first-order valence-corrected chi connectivity index (χ1v) is 10.7. The molecule has 1 aliphatic heterocycles. The summed E-state index contributed by atoms with van der Waals surface area (Å²) in [4.78, 5) is 8.87. The van der Waals surface area contributed by atoms with Gasteiger partial charge in [0.1, 0.15) is 24.9 Å². The van der Waals surface area contributed by atoms with Gasteiger partial charge in [0.2, 0.25) is 0 Å². The molecule has 1 atom stereocenters. The van der Waals surface area contributed by atoms with E-state index in [-0.39, 0.29) is 6.10 Å². The Morgan fingerprint density at radius 1 is 1.39 bits per heavy atom. The van der Waals surface area contributed by atoms with Crippen molar-refractivity contribution >= 4 is 35.3 Å². The molecule has 2 N–H and O–H groups in total. The minimum Gasteiger partial charge on any atom is -0.504 e. The van der Waals surface area contributed by atoms with Gasteiger partial charge in [0, 0.05) is 35.4 Å².